The van der Waals surface area contributed by atoms with Gasteiger partial charge in [0.15, 0.2) is 0 Å². The van der Waals surface area contributed by atoms with Gasteiger partial charge in [-0.2, -0.15) is 0 Å². The van der Waals surface area contributed by atoms with Gasteiger partial charge in [0.1, 0.15) is 0 Å². The average Bonchev–Trinajstić information content (AvgIpc) is 3.00. The van der Waals surface area contributed by atoms with Gasteiger partial charge in [-0.3, -0.25) is 9.69 Å². The van der Waals surface area contributed by atoms with E-state index in [1.807, 2.05) is 18.2 Å². The first-order valence-corrected chi connectivity index (χ1v) is 8.15. The summed E-state index contributed by atoms with van der Waals surface area (Å²) in [6, 6.07) is 7.94. The number of benzene rings is 1. The predicted molar refractivity (Wildman–Crippen MR) is 85.7 cm³/mol. The van der Waals surface area contributed by atoms with Crippen LogP contribution in [0.25, 0.3) is 0 Å². The summed E-state index contributed by atoms with van der Waals surface area (Å²) >= 11 is 6.12. The van der Waals surface area contributed by atoms with Gasteiger partial charge >= 0.3 is 0 Å². The third-order valence-corrected chi connectivity index (χ3v) is 4.84. The van der Waals surface area contributed by atoms with Crippen molar-refractivity contribution in [2.24, 2.45) is 0 Å². The smallest absolute Gasteiger partial charge is 0.241 e. The Morgan fingerprint density at radius 1 is 1.24 bits per heavy atom. The van der Waals surface area contributed by atoms with Gasteiger partial charge in [-0.15, -0.1) is 0 Å². The molecule has 2 heterocycles. The molecule has 0 radical (unpaired) electrons. The van der Waals surface area contributed by atoms with Crippen LogP contribution < -0.4 is 10.6 Å². The van der Waals surface area contributed by atoms with E-state index in [0.29, 0.717) is 16.8 Å². The summed E-state index contributed by atoms with van der Waals surface area (Å²) in [5, 5.41) is 6.97. The van der Waals surface area contributed by atoms with Crippen molar-refractivity contribution in [1.82, 2.24) is 10.2 Å². The maximum Gasteiger partial charge on any atom is 0.241 e. The van der Waals surface area contributed by atoms with Crippen LogP contribution in [0.2, 0.25) is 5.02 Å². The molecule has 2 saturated heterocycles. The highest BCUT2D eigenvalue weighted by Crippen LogP contribution is 2.27. The van der Waals surface area contributed by atoms with Crippen molar-refractivity contribution in [3.05, 3.63) is 29.3 Å². The number of nitrogens with zero attached hydrogens (tertiary/aromatic N) is 1. The van der Waals surface area contributed by atoms with E-state index in [0.717, 1.165) is 45.3 Å². The van der Waals surface area contributed by atoms with E-state index in [2.05, 4.69) is 15.5 Å². The van der Waals surface area contributed by atoms with Gasteiger partial charge in [-0.1, -0.05) is 23.7 Å². The minimum atomic E-state index is -0.00984. The number of likely N-dealkylation sites (tertiary alicyclic amines) is 1. The van der Waals surface area contributed by atoms with E-state index >= 15 is 0 Å². The molecule has 0 aromatic heterocycles. The number of hydrogen-bond acceptors (Lipinski definition) is 3. The van der Waals surface area contributed by atoms with E-state index in [-0.39, 0.29) is 11.9 Å². The van der Waals surface area contributed by atoms with Crippen LogP contribution in [0.3, 0.4) is 0 Å². The lowest BCUT2D eigenvalue weighted by molar-refractivity contribution is -0.121. The summed E-state index contributed by atoms with van der Waals surface area (Å²) in [6.07, 6.45) is 4.32. The molecule has 1 atom stereocenters. The highest BCUT2D eigenvalue weighted by Gasteiger charge is 2.35. The van der Waals surface area contributed by atoms with Crippen molar-refractivity contribution in [3.63, 3.8) is 0 Å². The lowest BCUT2D eigenvalue weighted by Crippen LogP contribution is -2.49. The zero-order valence-corrected chi connectivity index (χ0v) is 12.9. The second kappa shape index (κ2) is 6.77. The number of para-hydroxylation sites is 1. The largest absolute Gasteiger partial charge is 0.323 e. The summed E-state index contributed by atoms with van der Waals surface area (Å²) in [5.74, 6) is 0.0825. The lowest BCUT2D eigenvalue weighted by atomic mass is 10.0. The maximum absolute atomic E-state index is 12.6. The minimum absolute atomic E-state index is 0.00984. The number of anilines is 1. The first-order valence-electron chi connectivity index (χ1n) is 7.77. The molecule has 2 aliphatic rings. The molecular formula is C16H22ClN3O. The molecule has 1 aromatic carbocycles. The van der Waals surface area contributed by atoms with Crippen molar-refractivity contribution in [2.45, 2.75) is 37.8 Å². The van der Waals surface area contributed by atoms with E-state index < -0.39 is 0 Å². The summed E-state index contributed by atoms with van der Waals surface area (Å²) < 4.78 is 0. The van der Waals surface area contributed by atoms with Gasteiger partial charge in [0.25, 0.3) is 0 Å². The molecule has 1 unspecified atom stereocenters. The second-order valence-electron chi connectivity index (χ2n) is 5.85. The van der Waals surface area contributed by atoms with Crippen molar-refractivity contribution in [3.8, 4) is 0 Å². The fourth-order valence-electron chi connectivity index (χ4n) is 3.42. The van der Waals surface area contributed by atoms with Crippen molar-refractivity contribution < 1.29 is 4.79 Å². The molecule has 4 nitrogen and oxygen atoms in total. The van der Waals surface area contributed by atoms with Gasteiger partial charge in [-0.05, 0) is 57.5 Å². The van der Waals surface area contributed by atoms with E-state index in [9.17, 15) is 4.79 Å². The zero-order valence-electron chi connectivity index (χ0n) is 12.1. The van der Waals surface area contributed by atoms with Crippen LogP contribution >= 0.6 is 11.6 Å². The molecule has 1 amide bonds. The molecule has 1 aromatic rings. The first-order chi connectivity index (χ1) is 10.3. The fraction of sp³-hybridized carbons (Fsp3) is 0.562. The zero-order chi connectivity index (χ0) is 14.7. The summed E-state index contributed by atoms with van der Waals surface area (Å²) in [6.45, 7) is 3.14. The van der Waals surface area contributed by atoms with Gasteiger partial charge in [0.2, 0.25) is 5.91 Å². The molecule has 114 valence electrons. The normalized spacial score (nSPS) is 24.1. The van der Waals surface area contributed by atoms with Crippen molar-refractivity contribution >= 4 is 23.2 Å². The Hall–Kier alpha value is -1.10. The highest BCUT2D eigenvalue weighted by atomic mass is 35.5. The number of carbonyl (C=O) groups excluding carboxylic acids is 1. The standard InChI is InChI=1S/C16H22ClN3O/c17-13-4-1-2-5-14(13)19-16(21)15-6-3-11-20(15)12-7-9-18-10-8-12/h1-2,4-5,12,15,18H,3,6-11H2,(H,19,21). The minimum Gasteiger partial charge on any atom is -0.323 e. The Balaban J connectivity index is 1.67. The van der Waals surface area contributed by atoms with Crippen LogP contribution in [0, 0.1) is 0 Å². The summed E-state index contributed by atoms with van der Waals surface area (Å²) in [4.78, 5) is 15.0. The number of hydrogen-bond donors (Lipinski definition) is 2. The number of amides is 1. The summed E-state index contributed by atoms with van der Waals surface area (Å²) in [7, 11) is 0. The molecule has 3 rings (SSSR count). The number of nitrogens with one attached hydrogen (secondary N) is 2. The monoisotopic (exact) mass is 307 g/mol. The molecule has 0 saturated carbocycles. The van der Waals surface area contributed by atoms with E-state index in [1.54, 1.807) is 6.07 Å². The second-order valence-corrected chi connectivity index (χ2v) is 6.25. The molecule has 5 heteroatoms. The van der Waals surface area contributed by atoms with Gasteiger partial charge in [0, 0.05) is 6.04 Å². The fourth-order valence-corrected chi connectivity index (χ4v) is 3.61. The van der Waals surface area contributed by atoms with Crippen LogP contribution in [-0.4, -0.2) is 42.5 Å². The van der Waals surface area contributed by atoms with Gasteiger partial charge < -0.3 is 10.6 Å². The number of rotatable bonds is 3. The van der Waals surface area contributed by atoms with Crippen molar-refractivity contribution in [1.29, 1.82) is 0 Å². The maximum atomic E-state index is 12.6. The average molecular weight is 308 g/mol. The lowest BCUT2D eigenvalue weighted by Gasteiger charge is -2.35. The number of halogens is 1. The highest BCUT2D eigenvalue weighted by molar-refractivity contribution is 6.33. The number of piperidine rings is 1. The van der Waals surface area contributed by atoms with Crippen LogP contribution in [-0.2, 0) is 4.79 Å². The molecule has 0 aliphatic carbocycles. The van der Waals surface area contributed by atoms with Crippen LogP contribution in [0.15, 0.2) is 24.3 Å². The van der Waals surface area contributed by atoms with Crippen LogP contribution in [0.4, 0.5) is 5.69 Å². The third kappa shape index (κ3) is 3.39. The van der Waals surface area contributed by atoms with E-state index in [4.69, 9.17) is 11.6 Å². The van der Waals surface area contributed by atoms with Crippen LogP contribution in [0.1, 0.15) is 25.7 Å². The van der Waals surface area contributed by atoms with Gasteiger partial charge in [0.05, 0.1) is 16.8 Å². The predicted octanol–water partition coefficient (Wildman–Crippen LogP) is 2.49. The molecule has 0 spiro atoms. The molecule has 2 aliphatic heterocycles. The Labute approximate surface area is 130 Å². The first kappa shape index (κ1) is 14.8. The SMILES string of the molecule is O=C(Nc1ccccc1Cl)C1CCCN1C1CCNCC1. The Kier molecular flexibility index (Phi) is 4.78. The molecule has 21 heavy (non-hydrogen) atoms. The van der Waals surface area contributed by atoms with Gasteiger partial charge in [-0.25, -0.2) is 0 Å². The molecule has 2 fully saturated rings. The van der Waals surface area contributed by atoms with Crippen molar-refractivity contribution in [2.75, 3.05) is 25.0 Å². The Morgan fingerprint density at radius 3 is 2.76 bits per heavy atom. The number of carbonyl (C=O) groups is 1. The topological polar surface area (TPSA) is 44.4 Å². The van der Waals surface area contributed by atoms with E-state index in [1.165, 1.54) is 0 Å². The Morgan fingerprint density at radius 2 is 2.00 bits per heavy atom. The molecule has 2 N–H and O–H groups in total. The molecule has 0 bridgehead atoms. The van der Waals surface area contributed by atoms with Crippen LogP contribution in [0.5, 0.6) is 0 Å². The quantitative estimate of drug-likeness (QED) is 0.902. The Bertz CT molecular complexity index is 502. The molecular weight excluding hydrogens is 286 g/mol. The third-order valence-electron chi connectivity index (χ3n) is 4.51. The summed E-state index contributed by atoms with van der Waals surface area (Å²) in [5.41, 5.74) is 0.710.